The van der Waals surface area contributed by atoms with Crippen molar-refractivity contribution in [2.24, 2.45) is 5.92 Å². The molecule has 1 aromatic rings. The zero-order valence-corrected chi connectivity index (χ0v) is 9.78. The summed E-state index contributed by atoms with van der Waals surface area (Å²) in [5, 5.41) is 2.60. The first kappa shape index (κ1) is 10.1. The van der Waals surface area contributed by atoms with Gasteiger partial charge in [-0.15, -0.1) is 0 Å². The van der Waals surface area contributed by atoms with Gasteiger partial charge in [-0.2, -0.15) is 0 Å². The normalized spacial score (nSPS) is 20.6. The van der Waals surface area contributed by atoms with Crippen LogP contribution in [0, 0.1) is 5.92 Å². The highest BCUT2D eigenvalue weighted by molar-refractivity contribution is 7.11. The summed E-state index contributed by atoms with van der Waals surface area (Å²) in [6.45, 7) is 1.45. The van der Waals surface area contributed by atoms with Crippen LogP contribution in [0.3, 0.4) is 0 Å². The number of thiazole rings is 1. The van der Waals surface area contributed by atoms with Gasteiger partial charge in [0.2, 0.25) is 5.91 Å². The van der Waals surface area contributed by atoms with Crippen LogP contribution in [-0.4, -0.2) is 35.0 Å². The summed E-state index contributed by atoms with van der Waals surface area (Å²) in [5.74, 6) is 0.966. The summed E-state index contributed by atoms with van der Waals surface area (Å²) < 4.78 is 5.60. The van der Waals surface area contributed by atoms with E-state index in [1.807, 2.05) is 10.3 Å². The second-order valence-corrected chi connectivity index (χ2v) is 5.34. The Balaban J connectivity index is 1.42. The highest BCUT2D eigenvalue weighted by atomic mass is 32.1. The quantitative estimate of drug-likeness (QED) is 0.799. The van der Waals surface area contributed by atoms with Crippen LogP contribution in [0.15, 0.2) is 11.6 Å². The van der Waals surface area contributed by atoms with E-state index in [1.165, 1.54) is 24.2 Å². The van der Waals surface area contributed by atoms with E-state index in [4.69, 9.17) is 4.74 Å². The summed E-state index contributed by atoms with van der Waals surface area (Å²) in [6.07, 6.45) is 5.09. The Kier molecular flexibility index (Phi) is 2.55. The third-order valence-corrected chi connectivity index (χ3v) is 3.70. The monoisotopic (exact) mass is 238 g/mol. The van der Waals surface area contributed by atoms with Crippen molar-refractivity contribution in [3.8, 4) is 5.19 Å². The third-order valence-electron chi connectivity index (χ3n) is 3.04. The largest absolute Gasteiger partial charge is 0.463 e. The lowest BCUT2D eigenvalue weighted by Gasteiger charge is -2.38. The summed E-state index contributed by atoms with van der Waals surface area (Å²) in [4.78, 5) is 17.6. The molecule has 0 aromatic carbocycles. The van der Waals surface area contributed by atoms with Crippen LogP contribution in [0.2, 0.25) is 0 Å². The number of rotatable bonds is 4. The fourth-order valence-electron chi connectivity index (χ4n) is 1.83. The highest BCUT2D eigenvalue weighted by Crippen LogP contribution is 2.33. The number of nitrogens with zero attached hydrogens (tertiary/aromatic N) is 2. The van der Waals surface area contributed by atoms with Gasteiger partial charge in [-0.05, 0) is 18.8 Å². The van der Waals surface area contributed by atoms with Crippen molar-refractivity contribution < 1.29 is 9.53 Å². The molecule has 0 atom stereocenters. The number of ether oxygens (including phenoxy) is 1. The molecule has 2 aliphatic rings. The van der Waals surface area contributed by atoms with Crippen molar-refractivity contribution in [3.63, 3.8) is 0 Å². The number of likely N-dealkylation sites (tertiary alicyclic amines) is 1. The molecule has 5 heteroatoms. The second-order valence-electron chi connectivity index (χ2n) is 4.48. The molecule has 16 heavy (non-hydrogen) atoms. The molecule has 1 aliphatic heterocycles. The van der Waals surface area contributed by atoms with Crippen molar-refractivity contribution in [2.75, 3.05) is 13.1 Å². The second kappa shape index (κ2) is 4.05. The molecule has 0 unspecified atom stereocenters. The highest BCUT2D eigenvalue weighted by Gasteiger charge is 2.35. The van der Waals surface area contributed by atoms with Crippen molar-refractivity contribution in [1.29, 1.82) is 0 Å². The van der Waals surface area contributed by atoms with Crippen LogP contribution in [-0.2, 0) is 4.79 Å². The van der Waals surface area contributed by atoms with Crippen molar-refractivity contribution in [3.05, 3.63) is 11.6 Å². The SMILES string of the molecule is O=C(CC1CC1)N1CC(Oc2nccs2)C1. The average molecular weight is 238 g/mol. The van der Waals surface area contributed by atoms with Gasteiger partial charge < -0.3 is 9.64 Å². The van der Waals surface area contributed by atoms with E-state index in [9.17, 15) is 4.79 Å². The van der Waals surface area contributed by atoms with Gasteiger partial charge in [0.15, 0.2) is 0 Å². The third kappa shape index (κ3) is 2.19. The molecule has 1 amide bonds. The lowest BCUT2D eigenvalue weighted by Crippen LogP contribution is -2.56. The molecule has 4 nitrogen and oxygen atoms in total. The first-order chi connectivity index (χ1) is 7.81. The standard InChI is InChI=1S/C11H14N2O2S/c14-10(5-8-1-2-8)13-6-9(7-13)15-11-12-3-4-16-11/h3-4,8-9H,1-2,5-7H2. The van der Waals surface area contributed by atoms with E-state index in [1.54, 1.807) is 6.20 Å². The van der Waals surface area contributed by atoms with Gasteiger partial charge in [0, 0.05) is 18.0 Å². The summed E-state index contributed by atoms with van der Waals surface area (Å²) in [7, 11) is 0. The summed E-state index contributed by atoms with van der Waals surface area (Å²) in [6, 6.07) is 0. The minimum atomic E-state index is 0.148. The van der Waals surface area contributed by atoms with E-state index in [0.717, 1.165) is 19.5 Å². The Morgan fingerprint density at radius 3 is 3.00 bits per heavy atom. The van der Waals surface area contributed by atoms with Gasteiger partial charge in [0.05, 0.1) is 13.1 Å². The molecule has 86 valence electrons. The maximum absolute atomic E-state index is 11.7. The Morgan fingerprint density at radius 1 is 1.56 bits per heavy atom. The number of carbonyl (C=O) groups is 1. The van der Waals surface area contributed by atoms with Gasteiger partial charge in [0.1, 0.15) is 6.10 Å². The molecular weight excluding hydrogens is 224 g/mol. The Morgan fingerprint density at radius 2 is 2.38 bits per heavy atom. The Bertz CT molecular complexity index is 369. The van der Waals surface area contributed by atoms with E-state index in [-0.39, 0.29) is 6.10 Å². The van der Waals surface area contributed by atoms with Gasteiger partial charge in [-0.1, -0.05) is 11.3 Å². The van der Waals surface area contributed by atoms with Crippen molar-refractivity contribution in [1.82, 2.24) is 9.88 Å². The van der Waals surface area contributed by atoms with Crippen LogP contribution in [0.1, 0.15) is 19.3 Å². The molecule has 1 saturated carbocycles. The maximum atomic E-state index is 11.7. The minimum Gasteiger partial charge on any atom is -0.463 e. The van der Waals surface area contributed by atoms with Crippen LogP contribution < -0.4 is 4.74 Å². The van der Waals surface area contributed by atoms with Crippen molar-refractivity contribution >= 4 is 17.2 Å². The lowest BCUT2D eigenvalue weighted by molar-refractivity contribution is -0.140. The van der Waals surface area contributed by atoms with Crippen LogP contribution in [0.4, 0.5) is 0 Å². The summed E-state index contributed by atoms with van der Waals surface area (Å²) >= 11 is 1.49. The van der Waals surface area contributed by atoms with E-state index in [0.29, 0.717) is 17.0 Å². The molecule has 3 rings (SSSR count). The first-order valence-electron chi connectivity index (χ1n) is 5.65. The van der Waals surface area contributed by atoms with E-state index < -0.39 is 0 Å². The summed E-state index contributed by atoms with van der Waals surface area (Å²) in [5.41, 5.74) is 0. The Hall–Kier alpha value is -1.10. The molecule has 0 spiro atoms. The number of hydrogen-bond donors (Lipinski definition) is 0. The minimum absolute atomic E-state index is 0.148. The van der Waals surface area contributed by atoms with Crippen LogP contribution in [0.5, 0.6) is 5.19 Å². The molecule has 2 heterocycles. The van der Waals surface area contributed by atoms with Gasteiger partial charge in [-0.3, -0.25) is 4.79 Å². The van der Waals surface area contributed by atoms with Crippen LogP contribution in [0.25, 0.3) is 0 Å². The first-order valence-corrected chi connectivity index (χ1v) is 6.53. The molecule has 1 aromatic heterocycles. The molecule has 2 fully saturated rings. The lowest BCUT2D eigenvalue weighted by atomic mass is 10.1. The van der Waals surface area contributed by atoms with E-state index in [2.05, 4.69) is 4.98 Å². The fourth-order valence-corrected chi connectivity index (χ4v) is 2.38. The number of amides is 1. The predicted molar refractivity (Wildman–Crippen MR) is 60.5 cm³/mol. The Labute approximate surface area is 98.2 Å². The predicted octanol–water partition coefficient (Wildman–Crippen LogP) is 1.53. The maximum Gasteiger partial charge on any atom is 0.273 e. The average Bonchev–Trinajstić information content (AvgIpc) is 2.86. The fraction of sp³-hybridized carbons (Fsp3) is 0.636. The molecule has 1 saturated heterocycles. The van der Waals surface area contributed by atoms with E-state index >= 15 is 0 Å². The topological polar surface area (TPSA) is 42.4 Å². The molecule has 1 aliphatic carbocycles. The zero-order valence-electron chi connectivity index (χ0n) is 8.96. The van der Waals surface area contributed by atoms with Gasteiger partial charge in [-0.25, -0.2) is 4.98 Å². The molecule has 0 radical (unpaired) electrons. The molecule has 0 N–H and O–H groups in total. The molecule has 0 bridgehead atoms. The molecular formula is C11H14N2O2S. The smallest absolute Gasteiger partial charge is 0.273 e. The van der Waals surface area contributed by atoms with Gasteiger partial charge >= 0.3 is 0 Å². The van der Waals surface area contributed by atoms with Crippen molar-refractivity contribution in [2.45, 2.75) is 25.4 Å². The van der Waals surface area contributed by atoms with Gasteiger partial charge in [0.25, 0.3) is 5.19 Å². The zero-order chi connectivity index (χ0) is 11.0. The number of aromatic nitrogens is 1. The van der Waals surface area contributed by atoms with Crippen LogP contribution >= 0.6 is 11.3 Å². The number of hydrogen-bond acceptors (Lipinski definition) is 4. The number of carbonyl (C=O) groups excluding carboxylic acids is 1.